The second-order valence-electron chi connectivity index (χ2n) is 3.28. The van der Waals surface area contributed by atoms with E-state index in [4.69, 9.17) is 10.8 Å². The second kappa shape index (κ2) is 5.22. The largest absolute Gasteiger partial charge is 0.505 e. The van der Waals surface area contributed by atoms with E-state index >= 15 is 0 Å². The predicted octanol–water partition coefficient (Wildman–Crippen LogP) is 0.299. The van der Waals surface area contributed by atoms with Gasteiger partial charge < -0.3 is 15.9 Å². The molecule has 0 saturated carbocycles. The number of aryl methyl sites for hydroxylation is 1. The molecule has 0 aliphatic rings. The lowest BCUT2D eigenvalue weighted by Crippen LogP contribution is -2.04. The third kappa shape index (κ3) is 2.77. The number of hydrogen-bond donors (Lipinski definition) is 3. The van der Waals surface area contributed by atoms with E-state index in [2.05, 4.69) is 15.2 Å². The predicted molar refractivity (Wildman–Crippen MR) is 61.5 cm³/mol. The van der Waals surface area contributed by atoms with E-state index in [1.807, 2.05) is 0 Å². The molecule has 0 aliphatic carbocycles. The van der Waals surface area contributed by atoms with Gasteiger partial charge in [-0.1, -0.05) is 0 Å². The minimum Gasteiger partial charge on any atom is -0.505 e. The maximum atomic E-state index is 9.73. The van der Waals surface area contributed by atoms with Crippen LogP contribution in [0.2, 0.25) is 0 Å². The molecule has 0 spiro atoms. The summed E-state index contributed by atoms with van der Waals surface area (Å²) in [5.74, 6) is 0.298. The molecular weight excluding hydrogens is 208 g/mol. The summed E-state index contributed by atoms with van der Waals surface area (Å²) in [5.41, 5.74) is 6.66. The van der Waals surface area contributed by atoms with Crippen LogP contribution in [0.15, 0.2) is 16.4 Å². The van der Waals surface area contributed by atoms with Crippen LogP contribution in [0.25, 0.3) is 0 Å². The van der Waals surface area contributed by atoms with Crippen molar-refractivity contribution in [2.75, 3.05) is 0 Å². The monoisotopic (exact) mass is 222 g/mol. The summed E-state index contributed by atoms with van der Waals surface area (Å²) in [6.07, 6.45) is 2.82. The van der Waals surface area contributed by atoms with Gasteiger partial charge in [-0.2, -0.15) is 5.10 Å². The zero-order valence-electron chi connectivity index (χ0n) is 9.18. The summed E-state index contributed by atoms with van der Waals surface area (Å²) >= 11 is 0. The first kappa shape index (κ1) is 12.1. The molecule has 0 atom stereocenters. The number of nitrogens with zero attached hydrogens (tertiary/aromatic N) is 3. The highest BCUT2D eigenvalue weighted by Crippen LogP contribution is 2.21. The van der Waals surface area contributed by atoms with Crippen LogP contribution >= 0.6 is 0 Å². The zero-order valence-corrected chi connectivity index (χ0v) is 9.18. The fraction of sp³-hybridized carbons (Fsp3) is 0.300. The van der Waals surface area contributed by atoms with E-state index in [-0.39, 0.29) is 12.4 Å². The van der Waals surface area contributed by atoms with Gasteiger partial charge in [-0.3, -0.25) is 4.98 Å². The normalized spacial score (nSPS) is 12.3. The number of aliphatic hydroxyl groups excluding tert-OH is 1. The molecule has 6 nitrogen and oxygen atoms in total. The van der Waals surface area contributed by atoms with Gasteiger partial charge in [0.05, 0.1) is 18.5 Å². The summed E-state index contributed by atoms with van der Waals surface area (Å²) in [5, 5.41) is 26.1. The lowest BCUT2D eigenvalue weighted by molar-refractivity contribution is 0.280. The highest BCUT2D eigenvalue weighted by atomic mass is 16.3. The maximum Gasteiger partial charge on any atom is 0.145 e. The van der Waals surface area contributed by atoms with E-state index in [1.54, 1.807) is 13.8 Å². The Labute approximate surface area is 93.2 Å². The van der Waals surface area contributed by atoms with Crippen molar-refractivity contribution < 1.29 is 10.2 Å². The van der Waals surface area contributed by atoms with Crippen LogP contribution < -0.4 is 5.73 Å². The number of hydrogen-bond acceptors (Lipinski definition) is 5. The second-order valence-corrected chi connectivity index (χ2v) is 3.28. The zero-order chi connectivity index (χ0) is 12.1. The summed E-state index contributed by atoms with van der Waals surface area (Å²) < 4.78 is 0. The highest BCUT2D eigenvalue weighted by Gasteiger charge is 2.08. The Hall–Kier alpha value is -1.95. The van der Waals surface area contributed by atoms with Crippen molar-refractivity contribution in [2.24, 2.45) is 15.9 Å². The fourth-order valence-electron chi connectivity index (χ4n) is 1.10. The Balaban J connectivity index is 3.15. The van der Waals surface area contributed by atoms with Crippen LogP contribution in [0.4, 0.5) is 0 Å². The standard InChI is InChI=1S/C10H14N4O2/c1-6-10(16)9(4-13-14-7(2)11)8(5-15)3-12-6/h3-4,15-16H,5H2,1-2H3,(H2,11,14)/b13-4+. The van der Waals surface area contributed by atoms with E-state index in [9.17, 15) is 5.11 Å². The number of pyridine rings is 1. The van der Waals surface area contributed by atoms with Crippen molar-refractivity contribution >= 4 is 12.1 Å². The van der Waals surface area contributed by atoms with E-state index in [1.165, 1.54) is 12.4 Å². The molecule has 86 valence electrons. The average molecular weight is 222 g/mol. The smallest absolute Gasteiger partial charge is 0.145 e. The Kier molecular flexibility index (Phi) is 3.96. The van der Waals surface area contributed by atoms with Gasteiger partial charge in [-0.05, 0) is 13.8 Å². The first-order chi connectivity index (χ1) is 7.56. The van der Waals surface area contributed by atoms with Crippen LogP contribution in [0, 0.1) is 6.92 Å². The molecule has 1 rings (SSSR count). The van der Waals surface area contributed by atoms with Gasteiger partial charge >= 0.3 is 0 Å². The Morgan fingerprint density at radius 3 is 2.88 bits per heavy atom. The van der Waals surface area contributed by atoms with E-state index < -0.39 is 0 Å². The molecule has 0 aromatic carbocycles. The van der Waals surface area contributed by atoms with Crippen molar-refractivity contribution in [3.8, 4) is 5.75 Å². The van der Waals surface area contributed by atoms with Crippen LogP contribution in [0.3, 0.4) is 0 Å². The molecule has 0 aliphatic heterocycles. The molecule has 4 N–H and O–H groups in total. The summed E-state index contributed by atoms with van der Waals surface area (Å²) in [4.78, 5) is 3.92. The SMILES string of the molecule is C/C(N)=N\N=C\c1c(CO)cnc(C)c1O. The first-order valence-corrected chi connectivity index (χ1v) is 4.67. The number of aromatic hydroxyl groups is 1. The molecule has 0 amide bonds. The molecular formula is C10H14N4O2. The number of aromatic nitrogens is 1. The molecule has 0 bridgehead atoms. The number of amidine groups is 1. The number of nitrogens with two attached hydrogens (primary N) is 1. The Bertz CT molecular complexity index is 437. The minimum absolute atomic E-state index is 0.0137. The third-order valence-corrected chi connectivity index (χ3v) is 1.93. The number of aliphatic hydroxyl groups is 1. The molecule has 0 unspecified atom stereocenters. The Morgan fingerprint density at radius 1 is 1.62 bits per heavy atom. The fourth-order valence-corrected chi connectivity index (χ4v) is 1.10. The summed E-state index contributed by atoms with van der Waals surface area (Å²) in [7, 11) is 0. The van der Waals surface area contributed by atoms with Gasteiger partial charge in [0.1, 0.15) is 11.6 Å². The van der Waals surface area contributed by atoms with Crippen molar-refractivity contribution in [1.29, 1.82) is 0 Å². The van der Waals surface area contributed by atoms with Gasteiger partial charge in [0.25, 0.3) is 0 Å². The van der Waals surface area contributed by atoms with Crippen molar-refractivity contribution in [3.05, 3.63) is 23.0 Å². The van der Waals surface area contributed by atoms with Gasteiger partial charge in [-0.15, -0.1) is 5.10 Å². The van der Waals surface area contributed by atoms with Gasteiger partial charge in [-0.25, -0.2) is 0 Å². The lowest BCUT2D eigenvalue weighted by atomic mass is 10.1. The van der Waals surface area contributed by atoms with Crippen molar-refractivity contribution in [3.63, 3.8) is 0 Å². The Morgan fingerprint density at radius 2 is 2.31 bits per heavy atom. The minimum atomic E-state index is -0.229. The van der Waals surface area contributed by atoms with Gasteiger partial charge in [0, 0.05) is 17.3 Å². The molecule has 0 radical (unpaired) electrons. The van der Waals surface area contributed by atoms with Crippen LogP contribution in [0.5, 0.6) is 5.75 Å². The van der Waals surface area contributed by atoms with E-state index in [0.29, 0.717) is 22.7 Å². The topological polar surface area (TPSA) is 104 Å². The van der Waals surface area contributed by atoms with Crippen molar-refractivity contribution in [2.45, 2.75) is 20.5 Å². The number of rotatable bonds is 3. The molecule has 1 aromatic rings. The first-order valence-electron chi connectivity index (χ1n) is 4.67. The van der Waals surface area contributed by atoms with Crippen LogP contribution in [0.1, 0.15) is 23.7 Å². The van der Waals surface area contributed by atoms with Gasteiger partial charge in [0.15, 0.2) is 0 Å². The third-order valence-electron chi connectivity index (χ3n) is 1.93. The quantitative estimate of drug-likeness (QED) is 0.388. The molecule has 0 fully saturated rings. The van der Waals surface area contributed by atoms with Gasteiger partial charge in [0.2, 0.25) is 0 Å². The summed E-state index contributed by atoms with van der Waals surface area (Å²) in [6, 6.07) is 0. The lowest BCUT2D eigenvalue weighted by Gasteiger charge is -2.06. The highest BCUT2D eigenvalue weighted by molar-refractivity contribution is 5.86. The maximum absolute atomic E-state index is 9.73. The molecule has 6 heteroatoms. The summed E-state index contributed by atoms with van der Waals surface area (Å²) in [6.45, 7) is 3.03. The van der Waals surface area contributed by atoms with Crippen molar-refractivity contribution in [1.82, 2.24) is 4.98 Å². The van der Waals surface area contributed by atoms with E-state index in [0.717, 1.165) is 0 Å². The molecule has 1 aromatic heterocycles. The molecule has 16 heavy (non-hydrogen) atoms. The average Bonchev–Trinajstić information content (AvgIpc) is 2.24. The van der Waals surface area contributed by atoms with Crippen LogP contribution in [-0.2, 0) is 6.61 Å². The van der Waals surface area contributed by atoms with Crippen LogP contribution in [-0.4, -0.2) is 27.2 Å². The molecule has 1 heterocycles. The molecule has 0 saturated heterocycles.